The van der Waals surface area contributed by atoms with E-state index in [0.29, 0.717) is 13.2 Å². The maximum absolute atomic E-state index is 5.61. The van der Waals surface area contributed by atoms with Crippen molar-refractivity contribution in [3.8, 4) is 0 Å². The Balaban J connectivity index is 2.01. The van der Waals surface area contributed by atoms with Gasteiger partial charge in [0, 0.05) is 14.2 Å². The van der Waals surface area contributed by atoms with Crippen LogP contribution in [0.15, 0.2) is 22.9 Å². The molecule has 0 fully saturated rings. The molecule has 1 N–H and O–H groups in total. The topological polar surface area (TPSA) is 65.1 Å². The van der Waals surface area contributed by atoms with Gasteiger partial charge in [-0.25, -0.2) is 0 Å². The minimum Gasteiger partial charge on any atom is -0.465 e. The smallest absolute Gasteiger partial charge is 0.146 e. The summed E-state index contributed by atoms with van der Waals surface area (Å²) in [6.07, 6.45) is 1.68. The van der Waals surface area contributed by atoms with Crippen molar-refractivity contribution in [1.29, 1.82) is 0 Å². The largest absolute Gasteiger partial charge is 0.465 e. The van der Waals surface area contributed by atoms with E-state index in [0.717, 1.165) is 17.3 Å². The van der Waals surface area contributed by atoms with Crippen molar-refractivity contribution in [2.45, 2.75) is 19.5 Å². The highest BCUT2D eigenvalue weighted by Crippen LogP contribution is 2.17. The monoisotopic (exact) mass is 250 g/mol. The molecule has 18 heavy (non-hydrogen) atoms. The highest BCUT2D eigenvalue weighted by atomic mass is 16.5. The second kappa shape index (κ2) is 5.79. The number of aryl methyl sites for hydroxylation is 2. The molecular weight excluding hydrogens is 232 g/mol. The average molecular weight is 250 g/mol. The molecule has 2 aromatic rings. The first-order valence-corrected chi connectivity index (χ1v) is 5.82. The van der Waals surface area contributed by atoms with Crippen LogP contribution in [0.5, 0.6) is 0 Å². The lowest BCUT2D eigenvalue weighted by Crippen LogP contribution is -2.25. The summed E-state index contributed by atoms with van der Waals surface area (Å²) in [4.78, 5) is 0. The van der Waals surface area contributed by atoms with Gasteiger partial charge < -0.3 is 13.7 Å². The van der Waals surface area contributed by atoms with Crippen LogP contribution in [0.25, 0.3) is 0 Å². The highest BCUT2D eigenvalue weighted by molar-refractivity contribution is 5.10. The molecule has 0 aromatic carbocycles. The summed E-state index contributed by atoms with van der Waals surface area (Å²) in [5.41, 5.74) is 0. The fourth-order valence-electron chi connectivity index (χ4n) is 1.73. The van der Waals surface area contributed by atoms with Crippen LogP contribution in [0, 0.1) is 6.92 Å². The normalized spacial score (nSPS) is 12.8. The van der Waals surface area contributed by atoms with E-state index in [9.17, 15) is 0 Å². The zero-order valence-corrected chi connectivity index (χ0v) is 10.9. The van der Waals surface area contributed by atoms with Crippen molar-refractivity contribution in [3.05, 3.63) is 35.8 Å². The van der Waals surface area contributed by atoms with Gasteiger partial charge in [0.05, 0.1) is 19.2 Å². The number of ether oxygens (including phenoxy) is 1. The molecule has 98 valence electrons. The number of rotatable bonds is 6. The van der Waals surface area contributed by atoms with Gasteiger partial charge in [-0.05, 0) is 19.1 Å². The van der Waals surface area contributed by atoms with E-state index in [1.165, 1.54) is 0 Å². The van der Waals surface area contributed by atoms with E-state index >= 15 is 0 Å². The van der Waals surface area contributed by atoms with Gasteiger partial charge in [-0.1, -0.05) is 0 Å². The van der Waals surface area contributed by atoms with Crippen molar-refractivity contribution in [1.82, 2.24) is 20.1 Å². The summed E-state index contributed by atoms with van der Waals surface area (Å²) >= 11 is 0. The number of hydrogen-bond acceptors (Lipinski definition) is 5. The molecule has 0 amide bonds. The third-order valence-electron chi connectivity index (χ3n) is 2.75. The first kappa shape index (κ1) is 12.8. The Hall–Kier alpha value is -1.66. The molecule has 0 saturated carbocycles. The van der Waals surface area contributed by atoms with Gasteiger partial charge in [0.15, 0.2) is 0 Å². The third kappa shape index (κ3) is 2.96. The number of nitrogens with zero attached hydrogens (tertiary/aromatic N) is 3. The third-order valence-corrected chi connectivity index (χ3v) is 2.75. The van der Waals surface area contributed by atoms with Crippen LogP contribution in [0.2, 0.25) is 0 Å². The number of aromatic nitrogens is 3. The van der Waals surface area contributed by atoms with Crippen LogP contribution < -0.4 is 5.32 Å². The van der Waals surface area contributed by atoms with Crippen LogP contribution in [0.4, 0.5) is 0 Å². The van der Waals surface area contributed by atoms with E-state index < -0.39 is 0 Å². The van der Waals surface area contributed by atoms with Crippen LogP contribution >= 0.6 is 0 Å². The standard InChI is InChI=1S/C12H18N4O2/c1-9-4-5-11(18-9)10(7-17-3)13-6-12-15-14-8-16(12)2/h4-5,8,10,13H,6-7H2,1-3H3/t10-/m0/s1. The summed E-state index contributed by atoms with van der Waals surface area (Å²) in [6.45, 7) is 3.09. The van der Waals surface area contributed by atoms with Crippen molar-refractivity contribution >= 4 is 0 Å². The van der Waals surface area contributed by atoms with E-state index in [1.54, 1.807) is 13.4 Å². The molecule has 0 spiro atoms. The van der Waals surface area contributed by atoms with Gasteiger partial charge >= 0.3 is 0 Å². The van der Waals surface area contributed by atoms with Crippen LogP contribution in [0.1, 0.15) is 23.4 Å². The SMILES string of the molecule is COC[C@H](NCc1nncn1C)c1ccc(C)o1. The summed E-state index contributed by atoms with van der Waals surface area (Å²) in [5.74, 6) is 2.64. The second-order valence-electron chi connectivity index (χ2n) is 4.20. The fraction of sp³-hybridized carbons (Fsp3) is 0.500. The lowest BCUT2D eigenvalue weighted by Gasteiger charge is -2.15. The molecule has 2 rings (SSSR count). The molecule has 0 saturated heterocycles. The van der Waals surface area contributed by atoms with E-state index in [-0.39, 0.29) is 6.04 Å². The van der Waals surface area contributed by atoms with Gasteiger partial charge in [0.2, 0.25) is 0 Å². The molecule has 0 aliphatic heterocycles. The Kier molecular flexibility index (Phi) is 4.11. The molecule has 2 aromatic heterocycles. The maximum atomic E-state index is 5.61. The first-order valence-electron chi connectivity index (χ1n) is 5.82. The molecule has 0 radical (unpaired) electrons. The van der Waals surface area contributed by atoms with Crippen LogP contribution in [-0.2, 0) is 18.3 Å². The highest BCUT2D eigenvalue weighted by Gasteiger charge is 2.15. The summed E-state index contributed by atoms with van der Waals surface area (Å²) in [6, 6.07) is 3.92. The number of methoxy groups -OCH3 is 1. The lowest BCUT2D eigenvalue weighted by atomic mass is 10.2. The predicted octanol–water partition coefficient (Wildman–Crippen LogP) is 1.19. The average Bonchev–Trinajstić information content (AvgIpc) is 2.94. The molecule has 6 nitrogen and oxygen atoms in total. The Morgan fingerprint density at radius 3 is 2.89 bits per heavy atom. The zero-order chi connectivity index (χ0) is 13.0. The van der Waals surface area contributed by atoms with Crippen molar-refractivity contribution in [3.63, 3.8) is 0 Å². The van der Waals surface area contributed by atoms with Crippen molar-refractivity contribution < 1.29 is 9.15 Å². The van der Waals surface area contributed by atoms with Crippen molar-refractivity contribution in [2.24, 2.45) is 7.05 Å². The number of hydrogen-bond donors (Lipinski definition) is 1. The molecule has 1 atom stereocenters. The lowest BCUT2D eigenvalue weighted by molar-refractivity contribution is 0.155. The number of furan rings is 1. The Morgan fingerprint density at radius 2 is 2.33 bits per heavy atom. The van der Waals surface area contributed by atoms with E-state index in [2.05, 4.69) is 15.5 Å². The van der Waals surface area contributed by atoms with Gasteiger partial charge in [-0.2, -0.15) is 0 Å². The summed E-state index contributed by atoms with van der Waals surface area (Å²) < 4.78 is 12.7. The van der Waals surface area contributed by atoms with Gasteiger partial charge in [0.25, 0.3) is 0 Å². The molecule has 2 heterocycles. The molecule has 0 aliphatic rings. The van der Waals surface area contributed by atoms with Crippen molar-refractivity contribution in [2.75, 3.05) is 13.7 Å². The first-order chi connectivity index (χ1) is 8.70. The van der Waals surface area contributed by atoms with Crippen LogP contribution in [0.3, 0.4) is 0 Å². The molecule has 6 heteroatoms. The molecular formula is C12H18N4O2. The summed E-state index contributed by atoms with van der Waals surface area (Å²) in [5, 5.41) is 11.2. The minimum absolute atomic E-state index is 0.0143. The Labute approximate surface area is 106 Å². The van der Waals surface area contributed by atoms with Gasteiger partial charge in [0.1, 0.15) is 23.7 Å². The second-order valence-corrected chi connectivity index (χ2v) is 4.20. The van der Waals surface area contributed by atoms with E-state index in [4.69, 9.17) is 9.15 Å². The van der Waals surface area contributed by atoms with Gasteiger partial charge in [-0.3, -0.25) is 5.32 Å². The Bertz CT molecular complexity index is 492. The summed E-state index contributed by atoms with van der Waals surface area (Å²) in [7, 11) is 3.59. The minimum atomic E-state index is 0.0143. The fourth-order valence-corrected chi connectivity index (χ4v) is 1.73. The molecule has 0 aliphatic carbocycles. The Morgan fingerprint density at radius 1 is 1.50 bits per heavy atom. The molecule has 0 bridgehead atoms. The van der Waals surface area contributed by atoms with Gasteiger partial charge in [-0.15, -0.1) is 10.2 Å². The number of nitrogens with one attached hydrogen (secondary N) is 1. The maximum Gasteiger partial charge on any atom is 0.146 e. The van der Waals surface area contributed by atoms with Crippen LogP contribution in [-0.4, -0.2) is 28.5 Å². The van der Waals surface area contributed by atoms with E-state index in [1.807, 2.05) is 30.7 Å². The quantitative estimate of drug-likeness (QED) is 0.834. The zero-order valence-electron chi connectivity index (χ0n) is 10.9. The predicted molar refractivity (Wildman–Crippen MR) is 65.9 cm³/mol. The molecule has 0 unspecified atom stereocenters.